The molecule has 0 saturated carbocycles. The van der Waals surface area contributed by atoms with Gasteiger partial charge in [-0.1, -0.05) is 0 Å². The molecule has 6 nitrogen and oxygen atoms in total. The maximum Gasteiger partial charge on any atom is 0.408 e. The molecule has 0 aliphatic rings. The third kappa shape index (κ3) is 6.47. The molecule has 0 unspecified atom stereocenters. The summed E-state index contributed by atoms with van der Waals surface area (Å²) >= 11 is 0. The van der Waals surface area contributed by atoms with Crippen molar-refractivity contribution in [1.82, 2.24) is 20.2 Å². The fourth-order valence-corrected chi connectivity index (χ4v) is 2.06. The number of nitrogens with zero attached hydrogens (tertiary/aromatic N) is 2. The van der Waals surface area contributed by atoms with Crippen molar-refractivity contribution >= 4 is 6.09 Å². The van der Waals surface area contributed by atoms with E-state index in [0.717, 1.165) is 5.69 Å². The van der Waals surface area contributed by atoms with Gasteiger partial charge in [-0.15, -0.1) is 0 Å². The number of carbonyl (C=O) groups is 1. The van der Waals surface area contributed by atoms with Crippen molar-refractivity contribution in [3.63, 3.8) is 0 Å². The zero-order valence-corrected chi connectivity index (χ0v) is 14.9. The average molecular weight is 310 g/mol. The van der Waals surface area contributed by atoms with Gasteiger partial charge in [0.25, 0.3) is 0 Å². The molecule has 1 aromatic heterocycles. The molecule has 0 fully saturated rings. The topological polar surface area (TPSA) is 68.2 Å². The second kappa shape index (κ2) is 7.13. The fourth-order valence-electron chi connectivity index (χ4n) is 2.06. The molecule has 0 aromatic carbocycles. The Balaban J connectivity index is 2.45. The van der Waals surface area contributed by atoms with Crippen molar-refractivity contribution in [2.45, 2.75) is 72.2 Å². The second-order valence-corrected chi connectivity index (χ2v) is 7.50. The highest BCUT2D eigenvalue weighted by atomic mass is 16.6. The Hall–Kier alpha value is -1.56. The summed E-state index contributed by atoms with van der Waals surface area (Å²) in [4.78, 5) is 16.0. The number of alkyl carbamates (subject to hydrolysis) is 1. The van der Waals surface area contributed by atoms with Crippen molar-refractivity contribution in [2.75, 3.05) is 6.54 Å². The van der Waals surface area contributed by atoms with Gasteiger partial charge in [-0.3, -0.25) is 0 Å². The lowest BCUT2D eigenvalue weighted by Gasteiger charge is -2.29. The minimum absolute atomic E-state index is 0.382. The van der Waals surface area contributed by atoms with Crippen LogP contribution in [0.2, 0.25) is 0 Å². The maximum absolute atomic E-state index is 11.8. The second-order valence-electron chi connectivity index (χ2n) is 7.50. The zero-order chi connectivity index (χ0) is 17.0. The van der Waals surface area contributed by atoms with E-state index in [0.29, 0.717) is 19.1 Å². The first-order chi connectivity index (χ1) is 10.0. The van der Waals surface area contributed by atoms with Crippen LogP contribution in [0.4, 0.5) is 4.79 Å². The van der Waals surface area contributed by atoms with Gasteiger partial charge in [-0.25, -0.2) is 9.78 Å². The van der Waals surface area contributed by atoms with E-state index in [9.17, 15) is 4.79 Å². The summed E-state index contributed by atoms with van der Waals surface area (Å²) < 4.78 is 7.41. The number of rotatable bonds is 6. The molecule has 0 aliphatic heterocycles. The van der Waals surface area contributed by atoms with Gasteiger partial charge in [-0.05, 0) is 48.5 Å². The standard InChI is InChI=1S/C16H30N4O2/c1-12(2)20-11-18-9-13(20)8-17-10-16(6,7)19-14(21)22-15(3,4)5/h9,11-12,17H,8,10H2,1-7H3,(H,19,21). The molecule has 0 atom stereocenters. The molecule has 6 heteroatoms. The minimum atomic E-state index is -0.489. The summed E-state index contributed by atoms with van der Waals surface area (Å²) in [7, 11) is 0. The van der Waals surface area contributed by atoms with Crippen LogP contribution in [-0.4, -0.2) is 33.3 Å². The highest BCUT2D eigenvalue weighted by Crippen LogP contribution is 2.10. The van der Waals surface area contributed by atoms with E-state index >= 15 is 0 Å². The number of imidazole rings is 1. The van der Waals surface area contributed by atoms with Gasteiger partial charge in [0, 0.05) is 25.3 Å². The molecule has 1 amide bonds. The largest absolute Gasteiger partial charge is 0.444 e. The summed E-state index contributed by atoms with van der Waals surface area (Å²) in [6.07, 6.45) is 3.30. The predicted octanol–water partition coefficient (Wildman–Crippen LogP) is 2.86. The zero-order valence-electron chi connectivity index (χ0n) is 14.9. The number of hydrogen-bond donors (Lipinski definition) is 2. The average Bonchev–Trinajstić information content (AvgIpc) is 2.73. The third-order valence-electron chi connectivity index (χ3n) is 3.02. The van der Waals surface area contributed by atoms with E-state index in [2.05, 4.69) is 34.0 Å². The van der Waals surface area contributed by atoms with Crippen LogP contribution in [0.3, 0.4) is 0 Å². The lowest BCUT2D eigenvalue weighted by atomic mass is 10.1. The van der Waals surface area contributed by atoms with E-state index in [1.165, 1.54) is 0 Å². The van der Waals surface area contributed by atoms with E-state index in [1.807, 2.05) is 47.1 Å². The molecule has 126 valence electrons. The van der Waals surface area contributed by atoms with Crippen LogP contribution in [0.5, 0.6) is 0 Å². The predicted molar refractivity (Wildman–Crippen MR) is 87.8 cm³/mol. The number of aromatic nitrogens is 2. The number of nitrogens with one attached hydrogen (secondary N) is 2. The van der Waals surface area contributed by atoms with Gasteiger partial charge in [0.2, 0.25) is 0 Å². The summed E-state index contributed by atoms with van der Waals surface area (Å²) in [6, 6.07) is 0.382. The highest BCUT2D eigenvalue weighted by molar-refractivity contribution is 5.68. The monoisotopic (exact) mass is 310 g/mol. The van der Waals surface area contributed by atoms with E-state index in [1.54, 1.807) is 0 Å². The van der Waals surface area contributed by atoms with E-state index < -0.39 is 17.2 Å². The van der Waals surface area contributed by atoms with Crippen LogP contribution in [0.15, 0.2) is 12.5 Å². The maximum atomic E-state index is 11.8. The summed E-state index contributed by atoms with van der Waals surface area (Å²) in [6.45, 7) is 15.1. The van der Waals surface area contributed by atoms with E-state index in [-0.39, 0.29) is 0 Å². The Kier molecular flexibility index (Phi) is 6.00. The molecule has 1 heterocycles. The van der Waals surface area contributed by atoms with Crippen molar-refractivity contribution in [3.05, 3.63) is 18.2 Å². The molecular formula is C16H30N4O2. The summed E-state index contributed by atoms with van der Waals surface area (Å²) in [5, 5.41) is 6.24. The lowest BCUT2D eigenvalue weighted by Crippen LogP contribution is -2.51. The van der Waals surface area contributed by atoms with Crippen LogP contribution in [0, 0.1) is 0 Å². The Morgan fingerprint density at radius 3 is 2.50 bits per heavy atom. The normalized spacial score (nSPS) is 12.5. The molecule has 2 N–H and O–H groups in total. The van der Waals surface area contributed by atoms with Crippen molar-refractivity contribution in [1.29, 1.82) is 0 Å². The van der Waals surface area contributed by atoms with Gasteiger partial charge in [0.1, 0.15) is 5.60 Å². The molecule has 0 radical (unpaired) electrons. The molecule has 0 aliphatic carbocycles. The van der Waals surface area contributed by atoms with Gasteiger partial charge in [0.05, 0.1) is 17.6 Å². The van der Waals surface area contributed by atoms with Crippen LogP contribution >= 0.6 is 0 Å². The Morgan fingerprint density at radius 1 is 1.32 bits per heavy atom. The van der Waals surface area contributed by atoms with Gasteiger partial charge in [0.15, 0.2) is 0 Å². The van der Waals surface area contributed by atoms with Crippen LogP contribution in [-0.2, 0) is 11.3 Å². The fraction of sp³-hybridized carbons (Fsp3) is 0.750. The van der Waals surface area contributed by atoms with Crippen LogP contribution < -0.4 is 10.6 Å². The smallest absolute Gasteiger partial charge is 0.408 e. The molecule has 1 aromatic rings. The molecule has 0 bridgehead atoms. The van der Waals surface area contributed by atoms with Crippen molar-refractivity contribution < 1.29 is 9.53 Å². The summed E-state index contributed by atoms with van der Waals surface area (Å²) in [5.41, 5.74) is 0.241. The molecule has 0 spiro atoms. The van der Waals surface area contributed by atoms with Crippen molar-refractivity contribution in [3.8, 4) is 0 Å². The quantitative estimate of drug-likeness (QED) is 0.848. The Morgan fingerprint density at radius 2 is 1.95 bits per heavy atom. The van der Waals surface area contributed by atoms with Crippen LogP contribution in [0.25, 0.3) is 0 Å². The van der Waals surface area contributed by atoms with E-state index in [4.69, 9.17) is 4.74 Å². The van der Waals surface area contributed by atoms with Gasteiger partial charge < -0.3 is 19.9 Å². The molecular weight excluding hydrogens is 280 g/mol. The first-order valence-electron chi connectivity index (χ1n) is 7.73. The summed E-state index contributed by atoms with van der Waals surface area (Å²) in [5.74, 6) is 0. The Bertz CT molecular complexity index is 487. The third-order valence-corrected chi connectivity index (χ3v) is 3.02. The highest BCUT2D eigenvalue weighted by Gasteiger charge is 2.24. The molecule has 22 heavy (non-hydrogen) atoms. The first kappa shape index (κ1) is 18.5. The lowest BCUT2D eigenvalue weighted by molar-refractivity contribution is 0.0472. The number of hydrogen-bond acceptors (Lipinski definition) is 4. The Labute approximate surface area is 133 Å². The number of ether oxygens (including phenoxy) is 1. The number of amides is 1. The molecule has 1 rings (SSSR count). The first-order valence-corrected chi connectivity index (χ1v) is 7.73. The minimum Gasteiger partial charge on any atom is -0.444 e. The van der Waals surface area contributed by atoms with Gasteiger partial charge >= 0.3 is 6.09 Å². The molecule has 0 saturated heterocycles. The SMILES string of the molecule is CC(C)n1cncc1CNCC(C)(C)NC(=O)OC(C)(C)C. The van der Waals surface area contributed by atoms with Crippen molar-refractivity contribution in [2.24, 2.45) is 0 Å². The van der Waals surface area contributed by atoms with Crippen LogP contribution in [0.1, 0.15) is 60.2 Å². The van der Waals surface area contributed by atoms with Gasteiger partial charge in [-0.2, -0.15) is 0 Å². The number of carbonyl (C=O) groups excluding carboxylic acids is 1.